The normalized spacial score (nSPS) is 10.4. The summed E-state index contributed by atoms with van der Waals surface area (Å²) < 4.78 is 13.3. The molecule has 4 heteroatoms. The molecule has 0 saturated heterocycles. The van der Waals surface area contributed by atoms with Crippen LogP contribution >= 0.6 is 0 Å². The summed E-state index contributed by atoms with van der Waals surface area (Å²) in [6.07, 6.45) is 0. The zero-order chi connectivity index (χ0) is 14.9. The van der Waals surface area contributed by atoms with Gasteiger partial charge in [0.2, 0.25) is 0 Å². The Morgan fingerprint density at radius 1 is 1.10 bits per heavy atom. The van der Waals surface area contributed by atoms with E-state index in [2.05, 4.69) is 0 Å². The maximum Gasteiger partial charge on any atom is 0.260 e. The highest BCUT2D eigenvalue weighted by atomic mass is 19.1. The minimum absolute atomic E-state index is 0.173. The lowest BCUT2D eigenvalue weighted by molar-refractivity contribution is 0.0993. The van der Waals surface area contributed by atoms with Crippen molar-refractivity contribution in [3.63, 3.8) is 0 Å². The summed E-state index contributed by atoms with van der Waals surface area (Å²) in [5.74, 6) is -0.802. The Kier molecular flexibility index (Phi) is 3.74. The Morgan fingerprint density at radius 2 is 1.70 bits per heavy atom. The van der Waals surface area contributed by atoms with Gasteiger partial charge in [-0.3, -0.25) is 4.79 Å². The number of carbonyl (C=O) groups is 1. The number of hydrogen-bond donors (Lipinski definition) is 1. The lowest BCUT2D eigenvalue weighted by Gasteiger charge is -2.19. The maximum absolute atomic E-state index is 13.3. The number of amides is 1. The van der Waals surface area contributed by atoms with Gasteiger partial charge in [-0.1, -0.05) is 6.07 Å². The Balaban J connectivity index is 2.39. The molecule has 0 aromatic heterocycles. The predicted molar refractivity (Wildman–Crippen MR) is 79.5 cm³/mol. The zero-order valence-electron chi connectivity index (χ0n) is 11.8. The summed E-state index contributed by atoms with van der Waals surface area (Å²) in [5.41, 5.74) is 9.08. The van der Waals surface area contributed by atoms with Gasteiger partial charge in [-0.25, -0.2) is 4.39 Å². The van der Waals surface area contributed by atoms with E-state index in [-0.39, 0.29) is 17.2 Å². The first-order chi connectivity index (χ1) is 9.38. The lowest BCUT2D eigenvalue weighted by atomic mass is 10.1. The number of nitrogens with zero attached hydrogens (tertiary/aromatic N) is 1. The van der Waals surface area contributed by atoms with E-state index in [1.165, 1.54) is 17.0 Å². The van der Waals surface area contributed by atoms with E-state index in [1.807, 2.05) is 32.0 Å². The minimum atomic E-state index is -0.476. The first kappa shape index (κ1) is 14.1. The Morgan fingerprint density at radius 3 is 2.30 bits per heavy atom. The van der Waals surface area contributed by atoms with Crippen molar-refractivity contribution in [3.05, 3.63) is 58.9 Å². The molecule has 2 aromatic rings. The molecule has 2 N–H and O–H groups in total. The Hall–Kier alpha value is -2.36. The first-order valence-corrected chi connectivity index (χ1v) is 6.30. The van der Waals surface area contributed by atoms with Crippen LogP contribution in [0, 0.1) is 19.7 Å². The molecule has 2 rings (SSSR count). The van der Waals surface area contributed by atoms with E-state index in [1.54, 1.807) is 7.05 Å². The summed E-state index contributed by atoms with van der Waals surface area (Å²) in [6, 6.07) is 9.64. The molecule has 0 heterocycles. The summed E-state index contributed by atoms with van der Waals surface area (Å²) >= 11 is 0. The largest absolute Gasteiger partial charge is 0.398 e. The van der Waals surface area contributed by atoms with Crippen LogP contribution in [0.5, 0.6) is 0 Å². The molecule has 0 aliphatic carbocycles. The van der Waals surface area contributed by atoms with E-state index in [0.717, 1.165) is 22.9 Å². The van der Waals surface area contributed by atoms with Gasteiger partial charge in [-0.05, 0) is 55.3 Å². The Bertz CT molecular complexity index is 647. The predicted octanol–water partition coefficient (Wildman–Crippen LogP) is 3.30. The number of nitrogens with two attached hydrogens (primary N) is 1. The third-order valence-electron chi connectivity index (χ3n) is 3.14. The van der Waals surface area contributed by atoms with Crippen molar-refractivity contribution >= 4 is 17.3 Å². The minimum Gasteiger partial charge on any atom is -0.398 e. The van der Waals surface area contributed by atoms with Gasteiger partial charge in [0.25, 0.3) is 5.91 Å². The summed E-state index contributed by atoms with van der Waals surface area (Å²) in [5, 5.41) is 0. The summed E-state index contributed by atoms with van der Waals surface area (Å²) in [6.45, 7) is 3.93. The molecule has 20 heavy (non-hydrogen) atoms. The van der Waals surface area contributed by atoms with Crippen molar-refractivity contribution in [3.8, 4) is 0 Å². The van der Waals surface area contributed by atoms with Gasteiger partial charge < -0.3 is 10.6 Å². The summed E-state index contributed by atoms with van der Waals surface area (Å²) in [7, 11) is 1.65. The van der Waals surface area contributed by atoms with E-state index in [9.17, 15) is 9.18 Å². The van der Waals surface area contributed by atoms with E-state index in [0.29, 0.717) is 0 Å². The number of benzene rings is 2. The highest BCUT2D eigenvalue weighted by Crippen LogP contribution is 2.22. The fourth-order valence-corrected chi connectivity index (χ4v) is 2.16. The second-order valence-corrected chi connectivity index (χ2v) is 4.94. The number of halogens is 1. The third kappa shape index (κ3) is 2.79. The lowest BCUT2D eigenvalue weighted by Crippen LogP contribution is -2.27. The van der Waals surface area contributed by atoms with Crippen LogP contribution in [0.2, 0.25) is 0 Å². The number of carbonyl (C=O) groups excluding carboxylic acids is 1. The van der Waals surface area contributed by atoms with Gasteiger partial charge in [0, 0.05) is 18.4 Å². The topological polar surface area (TPSA) is 46.3 Å². The SMILES string of the molecule is Cc1cc(C)cc(N(C)C(=O)c2cc(F)ccc2N)c1. The van der Waals surface area contributed by atoms with Gasteiger partial charge >= 0.3 is 0 Å². The molecule has 2 aromatic carbocycles. The molecule has 0 unspecified atom stereocenters. The van der Waals surface area contributed by atoms with Crippen molar-refractivity contribution in [1.29, 1.82) is 0 Å². The molecule has 1 amide bonds. The van der Waals surface area contributed by atoms with Crippen LogP contribution in [0.3, 0.4) is 0 Å². The van der Waals surface area contributed by atoms with Crippen LogP contribution in [0.4, 0.5) is 15.8 Å². The Labute approximate surface area is 117 Å². The first-order valence-electron chi connectivity index (χ1n) is 6.30. The van der Waals surface area contributed by atoms with Crippen molar-refractivity contribution in [2.75, 3.05) is 17.7 Å². The van der Waals surface area contributed by atoms with Gasteiger partial charge in [-0.2, -0.15) is 0 Å². The number of nitrogen functional groups attached to an aromatic ring is 1. The third-order valence-corrected chi connectivity index (χ3v) is 3.14. The molecule has 0 saturated carbocycles. The van der Waals surface area contributed by atoms with Gasteiger partial charge in [-0.15, -0.1) is 0 Å². The highest BCUT2D eigenvalue weighted by Gasteiger charge is 2.17. The molecule has 0 fully saturated rings. The molecule has 0 radical (unpaired) electrons. The van der Waals surface area contributed by atoms with Crippen LogP contribution in [0.15, 0.2) is 36.4 Å². The molecule has 0 spiro atoms. The van der Waals surface area contributed by atoms with Crippen molar-refractivity contribution in [1.82, 2.24) is 0 Å². The van der Waals surface area contributed by atoms with Gasteiger partial charge in [0.1, 0.15) is 5.82 Å². The molecule has 104 valence electrons. The second-order valence-electron chi connectivity index (χ2n) is 4.94. The molecular weight excluding hydrogens is 255 g/mol. The molecule has 0 aliphatic heterocycles. The molecule has 0 aliphatic rings. The zero-order valence-corrected chi connectivity index (χ0v) is 11.8. The smallest absolute Gasteiger partial charge is 0.260 e. The molecular formula is C16H17FN2O. The number of rotatable bonds is 2. The van der Waals surface area contributed by atoms with Gasteiger partial charge in [0.05, 0.1) is 5.56 Å². The van der Waals surface area contributed by atoms with Crippen LogP contribution in [0.1, 0.15) is 21.5 Å². The van der Waals surface area contributed by atoms with Gasteiger partial charge in [0.15, 0.2) is 0 Å². The number of aryl methyl sites for hydroxylation is 2. The second kappa shape index (κ2) is 5.33. The standard InChI is InChI=1S/C16H17FN2O/c1-10-6-11(2)8-13(7-10)19(3)16(20)14-9-12(17)4-5-15(14)18/h4-9H,18H2,1-3H3. The molecule has 3 nitrogen and oxygen atoms in total. The maximum atomic E-state index is 13.3. The van der Waals surface area contributed by atoms with Crippen molar-refractivity contribution in [2.24, 2.45) is 0 Å². The molecule has 0 bridgehead atoms. The number of anilines is 2. The summed E-state index contributed by atoms with van der Waals surface area (Å²) in [4.78, 5) is 13.9. The fraction of sp³-hybridized carbons (Fsp3) is 0.188. The molecule has 0 atom stereocenters. The van der Waals surface area contributed by atoms with Crippen molar-refractivity contribution in [2.45, 2.75) is 13.8 Å². The monoisotopic (exact) mass is 272 g/mol. The van der Waals surface area contributed by atoms with Crippen LogP contribution in [0.25, 0.3) is 0 Å². The average molecular weight is 272 g/mol. The van der Waals surface area contributed by atoms with Crippen LogP contribution in [-0.2, 0) is 0 Å². The van der Waals surface area contributed by atoms with E-state index in [4.69, 9.17) is 5.73 Å². The van der Waals surface area contributed by atoms with Crippen molar-refractivity contribution < 1.29 is 9.18 Å². The average Bonchev–Trinajstić information content (AvgIpc) is 2.38. The van der Waals surface area contributed by atoms with Crippen LogP contribution in [-0.4, -0.2) is 13.0 Å². The number of hydrogen-bond acceptors (Lipinski definition) is 2. The van der Waals surface area contributed by atoms with E-state index < -0.39 is 5.82 Å². The van der Waals surface area contributed by atoms with E-state index >= 15 is 0 Å². The fourth-order valence-electron chi connectivity index (χ4n) is 2.16. The highest BCUT2D eigenvalue weighted by molar-refractivity contribution is 6.09. The quantitative estimate of drug-likeness (QED) is 0.853. The van der Waals surface area contributed by atoms with Crippen LogP contribution < -0.4 is 10.6 Å².